The largest absolute Gasteiger partial charge is 0.856 e. The van der Waals surface area contributed by atoms with Crippen molar-refractivity contribution in [1.82, 2.24) is 0 Å². The van der Waals surface area contributed by atoms with Gasteiger partial charge in [-0.1, -0.05) is 0 Å². The van der Waals surface area contributed by atoms with E-state index in [2.05, 4.69) is 0 Å². The summed E-state index contributed by atoms with van der Waals surface area (Å²) >= 11 is 0. The van der Waals surface area contributed by atoms with Crippen molar-refractivity contribution in [2.45, 2.75) is 0 Å². The van der Waals surface area contributed by atoms with Crippen LogP contribution in [0.5, 0.6) is 0 Å². The van der Waals surface area contributed by atoms with Gasteiger partial charge in [-0.25, -0.2) is 0 Å². The molecular weight excluding hydrogens is 383 g/mol. The van der Waals surface area contributed by atoms with Crippen LogP contribution in [0.25, 0.3) is 0 Å². The Labute approximate surface area is 173 Å². The zero-order chi connectivity index (χ0) is 21.2. The fourth-order valence-electron chi connectivity index (χ4n) is 3.01. The van der Waals surface area contributed by atoms with E-state index in [1.165, 1.54) is 0 Å². The zero-order valence-corrected chi connectivity index (χ0v) is 18.9. The van der Waals surface area contributed by atoms with E-state index in [4.69, 9.17) is 0 Å². The van der Waals surface area contributed by atoms with E-state index < -0.39 is 7.59 Å². The van der Waals surface area contributed by atoms with Crippen molar-refractivity contribution in [3.8, 4) is 0 Å². The lowest BCUT2D eigenvalue weighted by Crippen LogP contribution is -2.59. The fourth-order valence-corrected chi connectivity index (χ4v) is 5.16. The number of hydrogen-bond acceptors (Lipinski definition) is 4. The third-order valence-electron chi connectivity index (χ3n) is 4.84. The molecular formula is C21H30N6OP+3. The summed E-state index contributed by atoms with van der Waals surface area (Å²) in [7, 11) is 8.70. The van der Waals surface area contributed by atoms with Gasteiger partial charge in [-0.2, -0.15) is 0 Å². The summed E-state index contributed by atoms with van der Waals surface area (Å²) in [5, 5.41) is 0. The summed E-state index contributed by atoms with van der Waals surface area (Å²) in [6.07, 6.45) is 11.2. The van der Waals surface area contributed by atoms with E-state index in [0.717, 1.165) is 17.1 Å². The summed E-state index contributed by atoms with van der Waals surface area (Å²) in [5.41, 5.74) is 3.15. The fraction of sp³-hybridized carbons (Fsp3) is 0.286. The molecule has 3 rings (SSSR count). The van der Waals surface area contributed by atoms with Crippen LogP contribution in [0.4, 0.5) is 17.1 Å². The Balaban J connectivity index is 2.15. The molecule has 0 aromatic carbocycles. The molecule has 0 aliphatic rings. The van der Waals surface area contributed by atoms with Crippen LogP contribution in [-0.4, -0.2) is 42.3 Å². The van der Waals surface area contributed by atoms with E-state index in [1.807, 2.05) is 131 Å². The average Bonchev–Trinajstić information content (AvgIpc) is 2.73. The molecule has 0 saturated heterocycles. The second-order valence-electron chi connectivity index (χ2n) is 7.51. The maximum Gasteiger partial charge on any atom is 0.856 e. The van der Waals surface area contributed by atoms with Crippen LogP contribution < -0.4 is 27.7 Å². The van der Waals surface area contributed by atoms with Crippen LogP contribution in [0.2, 0.25) is 0 Å². The summed E-state index contributed by atoms with van der Waals surface area (Å²) in [4.78, 5) is 6.06. The molecule has 0 bridgehead atoms. The van der Waals surface area contributed by atoms with Crippen molar-refractivity contribution in [3.63, 3.8) is 0 Å². The van der Waals surface area contributed by atoms with Gasteiger partial charge in [0.2, 0.25) is 0 Å². The van der Waals surface area contributed by atoms with Gasteiger partial charge in [-0.15, -0.1) is 4.57 Å². The second kappa shape index (κ2) is 8.21. The van der Waals surface area contributed by atoms with Gasteiger partial charge in [0.15, 0.2) is 37.2 Å². The highest BCUT2D eigenvalue weighted by atomic mass is 31.2. The molecule has 0 N–H and O–H groups in total. The first-order valence-electron chi connectivity index (χ1n) is 9.42. The number of hydrogen-bond donors (Lipinski definition) is 0. The van der Waals surface area contributed by atoms with E-state index in [9.17, 15) is 4.57 Å². The highest BCUT2D eigenvalue weighted by Crippen LogP contribution is 2.29. The minimum absolute atomic E-state index is 1.05. The van der Waals surface area contributed by atoms with Crippen LogP contribution >= 0.6 is 7.59 Å². The van der Waals surface area contributed by atoms with Crippen molar-refractivity contribution in [2.24, 2.45) is 0 Å². The maximum absolute atomic E-state index is 14.5. The molecule has 0 unspecified atom stereocenters. The summed E-state index contributed by atoms with van der Waals surface area (Å²) in [6.45, 7) is 0. The number of nitrogens with zero attached hydrogens (tertiary/aromatic N) is 6. The summed E-state index contributed by atoms with van der Waals surface area (Å²) < 4.78 is 19.9. The van der Waals surface area contributed by atoms with E-state index >= 15 is 0 Å². The number of pyridine rings is 3. The van der Waals surface area contributed by atoms with E-state index in [0.29, 0.717) is 0 Å². The van der Waals surface area contributed by atoms with Gasteiger partial charge in [-0.3, -0.25) is 0 Å². The Kier molecular flexibility index (Phi) is 5.89. The Morgan fingerprint density at radius 2 is 0.724 bits per heavy atom. The van der Waals surface area contributed by atoms with Crippen molar-refractivity contribution in [2.75, 3.05) is 57.0 Å². The molecule has 0 aliphatic carbocycles. The lowest BCUT2D eigenvalue weighted by Gasteiger charge is -2.12. The molecule has 0 saturated carbocycles. The molecule has 0 spiro atoms. The van der Waals surface area contributed by atoms with Crippen molar-refractivity contribution >= 4 is 24.7 Å². The quantitative estimate of drug-likeness (QED) is 0.578. The second-order valence-corrected chi connectivity index (χ2v) is 9.92. The molecule has 29 heavy (non-hydrogen) atoms. The van der Waals surface area contributed by atoms with Crippen LogP contribution in [-0.2, 0) is 4.57 Å². The highest BCUT2D eigenvalue weighted by Gasteiger charge is 2.58. The van der Waals surface area contributed by atoms with Gasteiger partial charge in [0.1, 0.15) is 0 Å². The zero-order valence-electron chi connectivity index (χ0n) is 18.0. The van der Waals surface area contributed by atoms with E-state index in [1.54, 1.807) is 13.0 Å². The van der Waals surface area contributed by atoms with Crippen molar-refractivity contribution in [3.05, 3.63) is 73.6 Å². The predicted molar refractivity (Wildman–Crippen MR) is 117 cm³/mol. The first-order chi connectivity index (χ1) is 13.7. The Morgan fingerprint density at radius 3 is 0.897 bits per heavy atom. The Bertz CT molecular complexity index is 867. The lowest BCUT2D eigenvalue weighted by atomic mass is 10.4. The Morgan fingerprint density at radius 1 is 0.517 bits per heavy atom. The molecule has 0 fully saturated rings. The van der Waals surface area contributed by atoms with Gasteiger partial charge in [0.05, 0.1) is 0 Å². The highest BCUT2D eigenvalue weighted by molar-refractivity contribution is 7.42. The van der Waals surface area contributed by atoms with Gasteiger partial charge in [0.25, 0.3) is 0 Å². The molecule has 0 amide bonds. The standard InChI is InChI=1S/C21H30N6OP/c1-22(2)19-7-13-25(14-8-19)29(28,26-15-9-20(10-16-26)23(3)4)27-17-11-21(12-18-27)24(5)6/h7-18H,1-6H3/q+3. The summed E-state index contributed by atoms with van der Waals surface area (Å²) in [6, 6.07) is 11.8. The number of rotatable bonds is 6. The number of anilines is 3. The van der Waals surface area contributed by atoms with Gasteiger partial charge >= 0.3 is 7.59 Å². The van der Waals surface area contributed by atoms with Crippen LogP contribution in [0.1, 0.15) is 0 Å². The maximum atomic E-state index is 14.5. The lowest BCUT2D eigenvalue weighted by molar-refractivity contribution is -0.748. The Hall–Kier alpha value is -2.92. The molecule has 0 aliphatic heterocycles. The molecule has 152 valence electrons. The van der Waals surface area contributed by atoms with Gasteiger partial charge < -0.3 is 14.7 Å². The van der Waals surface area contributed by atoms with Gasteiger partial charge in [0, 0.05) is 95.7 Å². The summed E-state index contributed by atoms with van der Waals surface area (Å²) in [5.74, 6) is 0. The molecule has 3 aromatic heterocycles. The minimum Gasteiger partial charge on any atom is -0.377 e. The molecule has 7 nitrogen and oxygen atoms in total. The first kappa shape index (κ1) is 20.8. The molecule has 3 aromatic rings. The molecule has 3 heterocycles. The third kappa shape index (κ3) is 4.10. The first-order valence-corrected chi connectivity index (χ1v) is 11.0. The predicted octanol–water partition coefficient (Wildman–Crippen LogP) is 1.80. The van der Waals surface area contributed by atoms with Crippen LogP contribution in [0.3, 0.4) is 0 Å². The minimum atomic E-state index is -3.23. The average molecular weight is 413 g/mol. The van der Waals surface area contributed by atoms with Crippen LogP contribution in [0.15, 0.2) is 73.6 Å². The molecule has 0 atom stereocenters. The molecule has 0 radical (unpaired) electrons. The molecule has 8 heteroatoms. The van der Waals surface area contributed by atoms with Crippen molar-refractivity contribution < 1.29 is 17.6 Å². The smallest absolute Gasteiger partial charge is 0.377 e. The van der Waals surface area contributed by atoms with E-state index in [-0.39, 0.29) is 0 Å². The monoisotopic (exact) mass is 413 g/mol. The normalized spacial score (nSPS) is 11.2. The van der Waals surface area contributed by atoms with Gasteiger partial charge in [-0.05, 0) is 13.0 Å². The van der Waals surface area contributed by atoms with Crippen molar-refractivity contribution in [1.29, 1.82) is 0 Å². The SMILES string of the molecule is CN(C)c1cc[n+](P(=O)([n+]2ccc(N(C)C)cc2)[n+]2ccc(N(C)C)cc2)cc1. The topological polar surface area (TPSA) is 38.4 Å². The third-order valence-corrected chi connectivity index (χ3v) is 7.44. The number of aromatic nitrogens is 3. The van der Waals surface area contributed by atoms with Crippen LogP contribution in [0, 0.1) is 0 Å².